The lowest BCUT2D eigenvalue weighted by molar-refractivity contribution is -0.119. The van der Waals surface area contributed by atoms with Crippen LogP contribution in [0.4, 0.5) is 0 Å². The molecule has 100 valence electrons. The first kappa shape index (κ1) is 13.7. The van der Waals surface area contributed by atoms with Crippen LogP contribution >= 0.6 is 23.2 Å². The van der Waals surface area contributed by atoms with Crippen molar-refractivity contribution >= 4 is 40.1 Å². The Balaban J connectivity index is 2.59. The van der Waals surface area contributed by atoms with E-state index in [4.69, 9.17) is 38.1 Å². The Morgan fingerprint density at radius 3 is 2.74 bits per heavy atom. The van der Waals surface area contributed by atoms with E-state index < -0.39 is 11.5 Å². The zero-order valence-electron chi connectivity index (χ0n) is 9.83. The highest BCUT2D eigenvalue weighted by Crippen LogP contribution is 2.32. The number of rotatable bonds is 3. The maximum Gasteiger partial charge on any atom is 0.355 e. The van der Waals surface area contributed by atoms with Crippen LogP contribution in [0.15, 0.2) is 21.3 Å². The van der Waals surface area contributed by atoms with Crippen LogP contribution in [0.1, 0.15) is 5.56 Å². The third-order valence-electron chi connectivity index (χ3n) is 2.52. The summed E-state index contributed by atoms with van der Waals surface area (Å²) in [5.41, 5.74) is 5.17. The Kier molecular flexibility index (Phi) is 3.68. The Morgan fingerprint density at radius 1 is 1.42 bits per heavy atom. The van der Waals surface area contributed by atoms with E-state index in [2.05, 4.69) is 0 Å². The fourth-order valence-electron chi connectivity index (χ4n) is 1.59. The van der Waals surface area contributed by atoms with Gasteiger partial charge in [-0.3, -0.25) is 4.79 Å². The largest absolute Gasteiger partial charge is 0.482 e. The van der Waals surface area contributed by atoms with E-state index in [9.17, 15) is 9.59 Å². The number of hydrogen-bond donors (Lipinski definition) is 1. The van der Waals surface area contributed by atoms with Crippen molar-refractivity contribution in [1.82, 2.24) is 0 Å². The lowest BCUT2D eigenvalue weighted by Crippen LogP contribution is -2.20. The van der Waals surface area contributed by atoms with E-state index in [-0.39, 0.29) is 28.0 Å². The van der Waals surface area contributed by atoms with Gasteiger partial charge in [0.15, 0.2) is 6.61 Å². The number of hydrogen-bond acceptors (Lipinski definition) is 4. The van der Waals surface area contributed by atoms with Crippen LogP contribution in [0, 0.1) is 6.92 Å². The molecule has 0 saturated heterocycles. The van der Waals surface area contributed by atoms with Gasteiger partial charge in [-0.15, -0.1) is 0 Å². The average Bonchev–Trinajstić information content (AvgIpc) is 2.35. The molecule has 0 aliphatic carbocycles. The zero-order chi connectivity index (χ0) is 14.2. The second-order valence-corrected chi connectivity index (χ2v) is 4.65. The van der Waals surface area contributed by atoms with Crippen LogP contribution in [-0.4, -0.2) is 12.5 Å². The van der Waals surface area contributed by atoms with Gasteiger partial charge in [0.05, 0.1) is 5.02 Å². The number of ether oxygens (including phenoxy) is 1. The minimum absolute atomic E-state index is 0.00868. The van der Waals surface area contributed by atoms with Gasteiger partial charge < -0.3 is 14.9 Å². The summed E-state index contributed by atoms with van der Waals surface area (Å²) in [6.45, 7) is 1.36. The molecule has 0 spiro atoms. The molecule has 2 aromatic rings. The normalized spacial score (nSPS) is 10.7. The van der Waals surface area contributed by atoms with Crippen LogP contribution < -0.4 is 16.1 Å². The van der Waals surface area contributed by atoms with E-state index in [0.717, 1.165) is 0 Å². The third-order valence-corrected chi connectivity index (χ3v) is 3.25. The summed E-state index contributed by atoms with van der Waals surface area (Å²) in [4.78, 5) is 22.1. The van der Waals surface area contributed by atoms with Crippen LogP contribution in [0.3, 0.4) is 0 Å². The molecule has 5 nitrogen and oxygen atoms in total. The van der Waals surface area contributed by atoms with Gasteiger partial charge in [-0.25, -0.2) is 4.79 Å². The number of amides is 1. The van der Waals surface area contributed by atoms with Crippen molar-refractivity contribution in [2.75, 3.05) is 6.61 Å². The average molecular weight is 302 g/mol. The molecule has 1 amide bonds. The number of primary amides is 1. The van der Waals surface area contributed by atoms with E-state index >= 15 is 0 Å². The molecule has 0 aliphatic rings. The lowest BCUT2D eigenvalue weighted by Gasteiger charge is -2.09. The fourth-order valence-corrected chi connectivity index (χ4v) is 1.95. The highest BCUT2D eigenvalue weighted by atomic mass is 35.5. The van der Waals surface area contributed by atoms with Crippen molar-refractivity contribution in [3.05, 3.63) is 38.2 Å². The Labute approximate surface area is 117 Å². The molecule has 0 bridgehead atoms. The Hall–Kier alpha value is -1.72. The molecule has 0 fully saturated rings. The van der Waals surface area contributed by atoms with Crippen LogP contribution in [0.25, 0.3) is 11.0 Å². The molecule has 0 atom stereocenters. The smallest absolute Gasteiger partial charge is 0.355 e. The van der Waals surface area contributed by atoms with Crippen LogP contribution in [-0.2, 0) is 4.79 Å². The second kappa shape index (κ2) is 5.11. The zero-order valence-corrected chi connectivity index (χ0v) is 11.3. The molecule has 0 unspecified atom stereocenters. The summed E-state index contributed by atoms with van der Waals surface area (Å²) in [6, 6.07) is 2.97. The van der Waals surface area contributed by atoms with Crippen molar-refractivity contribution < 1.29 is 13.9 Å². The number of fused-ring (bicyclic) bond motifs is 1. The Bertz CT molecular complexity index is 724. The highest BCUT2D eigenvalue weighted by Gasteiger charge is 2.13. The SMILES string of the molecule is Cc1c(Cl)c(=O)oc2cc(OCC(N)=O)c(Cl)cc12. The summed E-state index contributed by atoms with van der Waals surface area (Å²) >= 11 is 11.8. The van der Waals surface area contributed by atoms with E-state index in [1.165, 1.54) is 6.07 Å². The molecule has 0 aliphatic heterocycles. The van der Waals surface area contributed by atoms with Gasteiger partial charge in [-0.2, -0.15) is 0 Å². The topological polar surface area (TPSA) is 82.5 Å². The molecule has 19 heavy (non-hydrogen) atoms. The summed E-state index contributed by atoms with van der Waals surface area (Å²) in [7, 11) is 0. The van der Waals surface area contributed by atoms with Crippen LogP contribution in [0.2, 0.25) is 10.0 Å². The molecule has 0 saturated carbocycles. The standard InChI is InChI=1S/C12H9Cl2NO4/c1-5-6-2-7(13)9(18-4-10(15)16)3-8(6)19-12(17)11(5)14/h2-3H,4H2,1H3,(H2,15,16). The summed E-state index contributed by atoms with van der Waals surface area (Å²) in [6.07, 6.45) is 0. The monoisotopic (exact) mass is 301 g/mol. The molecule has 1 aromatic heterocycles. The number of benzene rings is 1. The lowest BCUT2D eigenvalue weighted by atomic mass is 10.1. The first-order valence-corrected chi connectivity index (χ1v) is 5.99. The van der Waals surface area contributed by atoms with Crippen molar-refractivity contribution in [2.24, 2.45) is 5.73 Å². The predicted molar refractivity (Wildman–Crippen MR) is 71.9 cm³/mol. The molecule has 2 N–H and O–H groups in total. The number of carbonyl (C=O) groups excluding carboxylic acids is 1. The summed E-state index contributed by atoms with van der Waals surface area (Å²) in [5.74, 6) is -0.428. The highest BCUT2D eigenvalue weighted by molar-refractivity contribution is 6.33. The van der Waals surface area contributed by atoms with Gasteiger partial charge in [0.25, 0.3) is 5.91 Å². The third kappa shape index (κ3) is 2.67. The van der Waals surface area contributed by atoms with Gasteiger partial charge >= 0.3 is 5.63 Å². The van der Waals surface area contributed by atoms with Crippen LogP contribution in [0.5, 0.6) is 5.75 Å². The minimum atomic E-state index is -0.644. The van der Waals surface area contributed by atoms with Crippen molar-refractivity contribution in [2.45, 2.75) is 6.92 Å². The van der Waals surface area contributed by atoms with Gasteiger partial charge in [0.2, 0.25) is 0 Å². The molecule has 7 heteroatoms. The summed E-state index contributed by atoms with van der Waals surface area (Å²) in [5, 5.41) is 0.872. The van der Waals surface area contributed by atoms with Gasteiger partial charge in [-0.05, 0) is 18.6 Å². The molecule has 1 aromatic carbocycles. The quantitative estimate of drug-likeness (QED) is 0.882. The van der Waals surface area contributed by atoms with Gasteiger partial charge in [0, 0.05) is 11.5 Å². The molecular formula is C12H9Cl2NO4. The molecule has 1 heterocycles. The Morgan fingerprint density at radius 2 is 2.11 bits per heavy atom. The van der Waals surface area contributed by atoms with Gasteiger partial charge in [0.1, 0.15) is 16.4 Å². The maximum absolute atomic E-state index is 11.5. The number of nitrogens with two attached hydrogens (primary N) is 1. The first-order valence-electron chi connectivity index (χ1n) is 5.23. The second-order valence-electron chi connectivity index (χ2n) is 3.86. The maximum atomic E-state index is 11.5. The van der Waals surface area contributed by atoms with Crippen molar-refractivity contribution in [3.63, 3.8) is 0 Å². The molecular weight excluding hydrogens is 293 g/mol. The van der Waals surface area contributed by atoms with E-state index in [1.807, 2.05) is 0 Å². The van der Waals surface area contributed by atoms with Crippen molar-refractivity contribution in [1.29, 1.82) is 0 Å². The number of halogens is 2. The van der Waals surface area contributed by atoms with Gasteiger partial charge in [-0.1, -0.05) is 23.2 Å². The first-order chi connectivity index (χ1) is 8.90. The number of carbonyl (C=O) groups is 1. The molecule has 2 rings (SSSR count). The predicted octanol–water partition coefficient (Wildman–Crippen LogP) is 2.27. The van der Waals surface area contributed by atoms with Crippen molar-refractivity contribution in [3.8, 4) is 5.75 Å². The van der Waals surface area contributed by atoms with E-state index in [1.54, 1.807) is 13.0 Å². The molecule has 0 radical (unpaired) electrons. The summed E-state index contributed by atoms with van der Waals surface area (Å²) < 4.78 is 10.1. The fraction of sp³-hybridized carbons (Fsp3) is 0.167. The number of aryl methyl sites for hydroxylation is 1. The minimum Gasteiger partial charge on any atom is -0.482 e. The van der Waals surface area contributed by atoms with E-state index in [0.29, 0.717) is 10.9 Å².